The molecular weight excluding hydrogens is 1540 g/mol. The van der Waals surface area contributed by atoms with Crippen LogP contribution in [0.4, 0.5) is 0 Å². The molecule has 1 aliphatic carbocycles. The van der Waals surface area contributed by atoms with Crippen LogP contribution in [0.2, 0.25) is 0 Å². The fraction of sp³-hybridized carbons (Fsp3) is 0.878. The molecule has 1 saturated carbocycles. The van der Waals surface area contributed by atoms with Crippen molar-refractivity contribution in [1.82, 2.24) is 42.5 Å². The predicted molar refractivity (Wildman–Crippen MR) is 408 cm³/mol. The number of nitrogens with one attached hydrogen (secondary N) is 8. The number of unbranched alkanes of at least 4 members (excludes halogenated alkanes) is 12. The molecule has 0 bridgehead atoms. The Balaban J connectivity index is 0.0000342. The van der Waals surface area contributed by atoms with Crippen LogP contribution in [0.3, 0.4) is 0 Å². The zero-order valence-electron chi connectivity index (χ0n) is 67.2. The first-order chi connectivity index (χ1) is 54.6. The van der Waals surface area contributed by atoms with Crippen molar-refractivity contribution in [2.75, 3.05) is 119 Å². The van der Waals surface area contributed by atoms with Gasteiger partial charge in [0.1, 0.15) is 84.4 Å². The highest BCUT2D eigenvalue weighted by Gasteiger charge is 2.48. The van der Waals surface area contributed by atoms with Crippen LogP contribution in [0.25, 0.3) is 0 Å². The Morgan fingerprint density at radius 2 is 0.704 bits per heavy atom. The number of aliphatic hydroxyl groups excluding tert-OH is 9. The van der Waals surface area contributed by atoms with Crippen molar-refractivity contribution in [3.63, 3.8) is 0 Å². The van der Waals surface area contributed by atoms with Gasteiger partial charge in [-0.15, -0.1) is 0 Å². The van der Waals surface area contributed by atoms with E-state index in [1.807, 2.05) is 0 Å². The average molecular weight is 1680 g/mol. The fourth-order valence-electron chi connectivity index (χ4n) is 13.5. The SMILES string of the molecule is COP(=O)(O)OCCCCCCNC(=O)CCCC(=O)C1CCC(C(=O)NC(COCCC(=O)NCCCCCCOC2OC(CO)C(O)C(O)C2NC(C)=O)(COCCC(=O)NCCCCCCOC2OC(CO)C(O)C(O)C2NC(C)=O)COCCC(=O)NCCCCCCOC2OC(CO)C(O)C(O)C2NC(C)=O)CC1.O. The zero-order valence-corrected chi connectivity index (χ0v) is 68.1. The summed E-state index contributed by atoms with van der Waals surface area (Å²) >= 11 is 0. The van der Waals surface area contributed by atoms with Crippen LogP contribution < -0.4 is 42.5 Å². The van der Waals surface area contributed by atoms with Crippen LogP contribution in [0.5, 0.6) is 0 Å². The van der Waals surface area contributed by atoms with Crippen molar-refractivity contribution in [2.45, 2.75) is 285 Å². The van der Waals surface area contributed by atoms with Gasteiger partial charge in [-0.25, -0.2) is 4.57 Å². The summed E-state index contributed by atoms with van der Waals surface area (Å²) in [5, 5.41) is 114. The minimum Gasteiger partial charge on any atom is -0.412 e. The van der Waals surface area contributed by atoms with Crippen LogP contribution in [0.15, 0.2) is 0 Å². The molecule has 4 fully saturated rings. The third kappa shape index (κ3) is 41.1. The molecule has 40 nitrogen and oxygen atoms in total. The second kappa shape index (κ2) is 58.7. The summed E-state index contributed by atoms with van der Waals surface area (Å²) in [5.74, 6) is -3.87. The lowest BCUT2D eigenvalue weighted by Gasteiger charge is -2.42. The van der Waals surface area contributed by atoms with Gasteiger partial charge < -0.3 is 141 Å². The van der Waals surface area contributed by atoms with Crippen LogP contribution >= 0.6 is 7.82 Å². The number of aliphatic hydroxyl groups is 9. The van der Waals surface area contributed by atoms with E-state index in [0.717, 1.165) is 13.5 Å². The maximum absolute atomic E-state index is 14.6. The van der Waals surface area contributed by atoms with Gasteiger partial charge in [0.25, 0.3) is 0 Å². The lowest BCUT2D eigenvalue weighted by molar-refractivity contribution is -0.270. The summed E-state index contributed by atoms with van der Waals surface area (Å²) in [6.07, 6.45) is -3.20. The Labute approximate surface area is 672 Å². The first-order valence-electron chi connectivity index (χ1n) is 40.3. The van der Waals surface area contributed by atoms with E-state index in [4.69, 9.17) is 47.2 Å². The van der Waals surface area contributed by atoms with E-state index >= 15 is 0 Å². The molecule has 16 atom stereocenters. The fourth-order valence-corrected chi connectivity index (χ4v) is 13.9. The van der Waals surface area contributed by atoms with E-state index in [9.17, 15) is 98.6 Å². The number of phosphoric acid groups is 1. The number of carbonyl (C=O) groups excluding carboxylic acids is 9. The topological polar surface area (TPSA) is 602 Å². The average Bonchev–Trinajstić information content (AvgIpc) is 0.822. The molecule has 4 aliphatic rings. The monoisotopic (exact) mass is 1680 g/mol. The molecule has 41 heteroatoms. The highest BCUT2D eigenvalue weighted by molar-refractivity contribution is 7.47. The summed E-state index contributed by atoms with van der Waals surface area (Å²) in [5.41, 5.74) is -1.46. The standard InChI is InChI=1S/C74H133N8O31P.H2O/c1-48(86)79-61-67(97)64(94)54(42-83)111-71(61)107-35-17-9-5-13-32-76-58(91)28-39-104-45-74(46-105-40-29-59(92)77-33-14-6-10-18-36-108-72-62(80-49(2)87)68(98)65(95)55(43-84)112-72,47-106-41-30-60(93)78-34-15-7-11-19-37-109-73-63(81-50(3)88)69(99)66(96)56(44-85)113-73)82-70(100)52-26-24-51(25-27-52)53(89)22-21-23-57(90)75-31-16-8-12-20-38-110-114(101,102)103-4;/h51-52,54-56,61-69,71-73,83-85,94-99H,5-47H2,1-4H3,(H,75,90)(H,76,91)(H,77,92)(H,78,93)(H,79,86)(H,80,87)(H,81,88)(H,82,100)(H,101,102);1H2. The van der Waals surface area contributed by atoms with Crippen molar-refractivity contribution in [3.8, 4) is 0 Å². The maximum atomic E-state index is 14.6. The van der Waals surface area contributed by atoms with Gasteiger partial charge in [0.05, 0.1) is 66.1 Å². The summed E-state index contributed by atoms with van der Waals surface area (Å²) in [6, 6.07) is -3.21. The predicted octanol–water partition coefficient (Wildman–Crippen LogP) is -2.87. The molecule has 20 N–H and O–H groups in total. The molecule has 0 aromatic heterocycles. The minimum atomic E-state index is -4.03. The number of carbonyl (C=O) groups is 9. The quantitative estimate of drug-likeness (QED) is 0.0215. The lowest BCUT2D eigenvalue weighted by Crippen LogP contribution is -2.64. The first kappa shape index (κ1) is 104. The number of rotatable bonds is 61. The van der Waals surface area contributed by atoms with Crippen molar-refractivity contribution >= 4 is 60.9 Å². The van der Waals surface area contributed by atoms with E-state index < -0.39 is 149 Å². The smallest absolute Gasteiger partial charge is 0.412 e. The number of ketones is 1. The van der Waals surface area contributed by atoms with Crippen molar-refractivity contribution in [2.24, 2.45) is 11.8 Å². The number of hydrogen-bond acceptors (Lipinski definition) is 30. The molecule has 16 unspecified atom stereocenters. The van der Waals surface area contributed by atoms with Crippen molar-refractivity contribution < 1.29 is 156 Å². The molecule has 3 heterocycles. The first-order valence-corrected chi connectivity index (χ1v) is 41.8. The van der Waals surface area contributed by atoms with Crippen LogP contribution in [-0.4, -0.2) is 326 Å². The van der Waals surface area contributed by atoms with Gasteiger partial charge in [-0.2, -0.15) is 0 Å². The second-order valence-corrected chi connectivity index (χ2v) is 31.1. The lowest BCUT2D eigenvalue weighted by atomic mass is 9.78. The Morgan fingerprint density at radius 3 is 1.02 bits per heavy atom. The third-order valence-corrected chi connectivity index (χ3v) is 21.0. The zero-order chi connectivity index (χ0) is 83.9. The molecular formula is C74H135N8O32P. The number of Topliss-reactive ketones (excluding diaryl/α,β-unsaturated/α-hetero) is 1. The largest absolute Gasteiger partial charge is 0.471 e. The van der Waals surface area contributed by atoms with Crippen molar-refractivity contribution in [1.29, 1.82) is 0 Å². The number of phosphoric ester groups is 1. The molecule has 0 spiro atoms. The van der Waals surface area contributed by atoms with Crippen LogP contribution in [0, 0.1) is 11.8 Å². The number of amides is 8. The Bertz CT molecular complexity index is 2640. The Hall–Kier alpha value is -5.22. The molecule has 115 heavy (non-hydrogen) atoms. The van der Waals surface area contributed by atoms with E-state index in [1.165, 1.54) is 20.8 Å². The number of hydrogen-bond donors (Lipinski definition) is 18. The van der Waals surface area contributed by atoms with Gasteiger partial charge in [-0.3, -0.25) is 52.2 Å². The van der Waals surface area contributed by atoms with E-state index in [0.29, 0.717) is 155 Å². The van der Waals surface area contributed by atoms with E-state index in [-0.39, 0.29) is 145 Å². The summed E-state index contributed by atoms with van der Waals surface area (Å²) in [4.78, 5) is 125. The van der Waals surface area contributed by atoms with Crippen molar-refractivity contribution in [3.05, 3.63) is 0 Å². The second-order valence-electron chi connectivity index (χ2n) is 29.5. The summed E-state index contributed by atoms with van der Waals surface area (Å²) in [7, 11) is -2.94. The number of ether oxygens (including phenoxy) is 9. The molecule has 8 amide bonds. The van der Waals surface area contributed by atoms with Gasteiger partial charge in [0.15, 0.2) is 18.9 Å². The molecule has 3 saturated heterocycles. The normalized spacial score (nSPS) is 26.5. The highest BCUT2D eigenvalue weighted by Crippen LogP contribution is 2.42. The van der Waals surface area contributed by atoms with E-state index in [2.05, 4.69) is 47.1 Å². The van der Waals surface area contributed by atoms with Crippen LogP contribution in [-0.2, 0) is 99.4 Å². The molecule has 668 valence electrons. The van der Waals surface area contributed by atoms with Gasteiger partial charge in [-0.1, -0.05) is 51.4 Å². The molecule has 0 aromatic rings. The molecule has 0 radical (unpaired) electrons. The van der Waals surface area contributed by atoms with Gasteiger partial charge in [0.2, 0.25) is 47.3 Å². The highest BCUT2D eigenvalue weighted by atomic mass is 31.2. The molecule has 0 aromatic carbocycles. The third-order valence-electron chi connectivity index (χ3n) is 20.0. The Kier molecular flexibility index (Phi) is 53.0. The van der Waals surface area contributed by atoms with E-state index in [1.54, 1.807) is 0 Å². The minimum absolute atomic E-state index is 0. The van der Waals surface area contributed by atoms with Gasteiger partial charge >= 0.3 is 7.82 Å². The Morgan fingerprint density at radius 1 is 0.400 bits per heavy atom. The maximum Gasteiger partial charge on any atom is 0.471 e. The van der Waals surface area contributed by atoms with Crippen LogP contribution in [0.1, 0.15) is 188 Å². The summed E-state index contributed by atoms with van der Waals surface area (Å²) < 4.78 is 73.5. The van der Waals surface area contributed by atoms with Gasteiger partial charge in [0, 0.05) is 118 Å². The molecule has 3 aliphatic heterocycles. The summed E-state index contributed by atoms with van der Waals surface area (Å²) in [6.45, 7) is 2.90. The van der Waals surface area contributed by atoms with Gasteiger partial charge in [-0.05, 0) is 83.5 Å². The molecule has 4 rings (SSSR count).